The lowest BCUT2D eigenvalue weighted by Gasteiger charge is -2.16. The van der Waals surface area contributed by atoms with Crippen molar-refractivity contribution in [3.8, 4) is 0 Å². The van der Waals surface area contributed by atoms with E-state index in [4.69, 9.17) is 5.11 Å². The quantitative estimate of drug-likeness (QED) is 0.163. The second-order valence-electron chi connectivity index (χ2n) is 9.34. The summed E-state index contributed by atoms with van der Waals surface area (Å²) in [6.45, 7) is 1.90. The molecule has 0 unspecified atom stereocenters. The predicted octanol–water partition coefficient (Wildman–Crippen LogP) is 6.64. The van der Waals surface area contributed by atoms with Gasteiger partial charge in [-0.1, -0.05) is 17.8 Å². The molecule has 5 rings (SSSR count). The van der Waals surface area contributed by atoms with Gasteiger partial charge in [-0.05, 0) is 79.7 Å². The number of rotatable bonds is 8. The van der Waals surface area contributed by atoms with Crippen molar-refractivity contribution in [3.63, 3.8) is 0 Å². The summed E-state index contributed by atoms with van der Waals surface area (Å²) in [5.41, 5.74) is 4.68. The van der Waals surface area contributed by atoms with E-state index in [0.29, 0.717) is 34.1 Å². The molecular formula is C30H27N7O3S. The smallest absolute Gasteiger partial charge is 0.409 e. The summed E-state index contributed by atoms with van der Waals surface area (Å²) in [5.74, 6) is 0.348. The van der Waals surface area contributed by atoms with Crippen molar-refractivity contribution >= 4 is 63.4 Å². The standard InChI is InChI=1S/C30H27N7O3S/c1-18-7-13-24-27(33-18)31-17-32-28(24)36-25-16-21(34-29(38)19-5-4-6-22(15-19)37(2)3)10-14-26(25)41-23-11-8-20(9-12-23)35-30(39)40/h4-17,35H,1-3H3,(H,34,38)(H,39,40)(H,31,32,33,36). The Balaban J connectivity index is 1.47. The van der Waals surface area contributed by atoms with Crippen LogP contribution in [0.3, 0.4) is 0 Å². The van der Waals surface area contributed by atoms with E-state index in [1.54, 1.807) is 18.2 Å². The zero-order valence-corrected chi connectivity index (χ0v) is 23.4. The fourth-order valence-corrected chi connectivity index (χ4v) is 4.93. The summed E-state index contributed by atoms with van der Waals surface area (Å²) in [5, 5.41) is 18.5. The molecule has 2 amide bonds. The number of amides is 2. The molecule has 2 heterocycles. The minimum atomic E-state index is -1.12. The van der Waals surface area contributed by atoms with Crippen molar-refractivity contribution in [2.24, 2.45) is 0 Å². The number of fused-ring (bicyclic) bond motifs is 1. The number of carbonyl (C=O) groups is 2. The first-order valence-electron chi connectivity index (χ1n) is 12.6. The van der Waals surface area contributed by atoms with E-state index in [-0.39, 0.29) is 5.91 Å². The minimum absolute atomic E-state index is 0.228. The van der Waals surface area contributed by atoms with Crippen molar-refractivity contribution in [1.29, 1.82) is 0 Å². The normalized spacial score (nSPS) is 10.7. The fraction of sp³-hybridized carbons (Fsp3) is 0.100. The molecule has 0 fully saturated rings. The molecule has 0 saturated heterocycles. The second-order valence-corrected chi connectivity index (χ2v) is 10.5. The van der Waals surface area contributed by atoms with Gasteiger partial charge in [0.05, 0.1) is 11.1 Å². The first kappa shape index (κ1) is 27.4. The van der Waals surface area contributed by atoms with Gasteiger partial charge in [-0.3, -0.25) is 10.1 Å². The highest BCUT2D eigenvalue weighted by molar-refractivity contribution is 7.99. The van der Waals surface area contributed by atoms with Crippen LogP contribution in [-0.4, -0.2) is 46.2 Å². The molecule has 0 radical (unpaired) electrons. The van der Waals surface area contributed by atoms with Gasteiger partial charge in [-0.2, -0.15) is 0 Å². The third kappa shape index (κ3) is 6.71. The average molecular weight is 566 g/mol. The summed E-state index contributed by atoms with van der Waals surface area (Å²) in [7, 11) is 3.85. The molecule has 0 aliphatic rings. The number of pyridine rings is 1. The largest absolute Gasteiger partial charge is 0.465 e. The molecule has 11 heteroatoms. The molecule has 4 N–H and O–H groups in total. The number of anilines is 5. The van der Waals surface area contributed by atoms with Gasteiger partial charge in [-0.15, -0.1) is 0 Å². The van der Waals surface area contributed by atoms with Gasteiger partial charge in [0.1, 0.15) is 12.1 Å². The molecule has 0 saturated carbocycles. The van der Waals surface area contributed by atoms with E-state index in [0.717, 1.165) is 26.6 Å². The number of carboxylic acid groups (broad SMARTS) is 1. The van der Waals surface area contributed by atoms with Gasteiger partial charge in [0.15, 0.2) is 5.65 Å². The first-order chi connectivity index (χ1) is 19.7. The van der Waals surface area contributed by atoms with Gasteiger partial charge in [-0.25, -0.2) is 19.7 Å². The Bertz CT molecular complexity index is 1740. The number of hydrogen-bond donors (Lipinski definition) is 4. The highest BCUT2D eigenvalue weighted by Gasteiger charge is 2.14. The first-order valence-corrected chi connectivity index (χ1v) is 13.4. The summed E-state index contributed by atoms with van der Waals surface area (Å²) in [6, 6.07) is 23.9. The van der Waals surface area contributed by atoms with Crippen LogP contribution < -0.4 is 20.9 Å². The Kier molecular flexibility index (Phi) is 7.97. The van der Waals surface area contributed by atoms with Gasteiger partial charge >= 0.3 is 6.09 Å². The monoisotopic (exact) mass is 565 g/mol. The van der Waals surface area contributed by atoms with Crippen molar-refractivity contribution in [1.82, 2.24) is 15.0 Å². The molecule has 5 aromatic rings. The Labute approximate surface area is 240 Å². The molecule has 0 aliphatic heterocycles. The van der Waals surface area contributed by atoms with E-state index in [9.17, 15) is 9.59 Å². The molecule has 10 nitrogen and oxygen atoms in total. The predicted molar refractivity (Wildman–Crippen MR) is 163 cm³/mol. The SMILES string of the molecule is Cc1ccc2c(Nc3cc(NC(=O)c4cccc(N(C)C)c4)ccc3Sc3ccc(NC(=O)O)cc3)ncnc2n1. The Morgan fingerprint density at radius 3 is 2.41 bits per heavy atom. The maximum Gasteiger partial charge on any atom is 0.409 e. The van der Waals surface area contributed by atoms with Crippen LogP contribution >= 0.6 is 11.8 Å². The molecule has 41 heavy (non-hydrogen) atoms. The summed E-state index contributed by atoms with van der Waals surface area (Å²) < 4.78 is 0. The zero-order valence-electron chi connectivity index (χ0n) is 22.5. The van der Waals surface area contributed by atoms with Crippen LogP contribution in [0.15, 0.2) is 95.0 Å². The van der Waals surface area contributed by atoms with Gasteiger partial charge < -0.3 is 20.6 Å². The molecule has 206 valence electrons. The van der Waals surface area contributed by atoms with Crippen molar-refractivity contribution in [2.75, 3.05) is 34.9 Å². The molecule has 0 spiro atoms. The Morgan fingerprint density at radius 2 is 1.66 bits per heavy atom. The molecule has 2 aromatic heterocycles. The lowest BCUT2D eigenvalue weighted by molar-refractivity contribution is 0.102. The summed E-state index contributed by atoms with van der Waals surface area (Å²) in [6.07, 6.45) is 0.339. The highest BCUT2D eigenvalue weighted by atomic mass is 32.2. The maximum absolute atomic E-state index is 13.1. The van der Waals surface area contributed by atoms with E-state index in [2.05, 4.69) is 30.9 Å². The van der Waals surface area contributed by atoms with Gasteiger partial charge in [0.2, 0.25) is 0 Å². The van der Waals surface area contributed by atoms with Crippen LogP contribution in [0.25, 0.3) is 11.0 Å². The van der Waals surface area contributed by atoms with E-state index in [1.165, 1.54) is 18.1 Å². The average Bonchev–Trinajstić information content (AvgIpc) is 2.95. The summed E-state index contributed by atoms with van der Waals surface area (Å²) in [4.78, 5) is 41.0. The van der Waals surface area contributed by atoms with E-state index < -0.39 is 6.09 Å². The molecular weight excluding hydrogens is 538 g/mol. The van der Waals surface area contributed by atoms with Gasteiger partial charge in [0.25, 0.3) is 5.91 Å². The van der Waals surface area contributed by atoms with Gasteiger partial charge in [0, 0.05) is 52.2 Å². The number of carbonyl (C=O) groups excluding carboxylic acids is 1. The lowest BCUT2D eigenvalue weighted by atomic mass is 10.1. The number of benzene rings is 3. The molecule has 0 aliphatic carbocycles. The van der Waals surface area contributed by atoms with Crippen LogP contribution in [-0.2, 0) is 0 Å². The topological polar surface area (TPSA) is 132 Å². The number of aryl methyl sites for hydroxylation is 1. The van der Waals surface area contributed by atoms with Crippen molar-refractivity contribution in [3.05, 3.63) is 96.4 Å². The Hall–Kier alpha value is -5.16. The van der Waals surface area contributed by atoms with Crippen molar-refractivity contribution < 1.29 is 14.7 Å². The number of nitrogens with zero attached hydrogens (tertiary/aromatic N) is 4. The third-order valence-corrected chi connectivity index (χ3v) is 7.17. The fourth-order valence-electron chi connectivity index (χ4n) is 4.04. The van der Waals surface area contributed by atoms with E-state index in [1.807, 2.05) is 86.6 Å². The van der Waals surface area contributed by atoms with Crippen LogP contribution in [0.1, 0.15) is 16.1 Å². The number of aromatic nitrogens is 3. The molecule has 3 aromatic carbocycles. The molecule has 0 atom stereocenters. The van der Waals surface area contributed by atoms with Crippen molar-refractivity contribution in [2.45, 2.75) is 16.7 Å². The van der Waals surface area contributed by atoms with Crippen LogP contribution in [0, 0.1) is 6.92 Å². The van der Waals surface area contributed by atoms with Crippen LogP contribution in [0.5, 0.6) is 0 Å². The maximum atomic E-state index is 13.1. The minimum Gasteiger partial charge on any atom is -0.465 e. The highest BCUT2D eigenvalue weighted by Crippen LogP contribution is 2.38. The third-order valence-electron chi connectivity index (χ3n) is 6.08. The van der Waals surface area contributed by atoms with Crippen LogP contribution in [0.4, 0.5) is 33.4 Å². The van der Waals surface area contributed by atoms with E-state index >= 15 is 0 Å². The zero-order chi connectivity index (χ0) is 28.9. The lowest BCUT2D eigenvalue weighted by Crippen LogP contribution is -2.14. The number of nitrogens with one attached hydrogen (secondary N) is 3. The van der Waals surface area contributed by atoms with Crippen LogP contribution in [0.2, 0.25) is 0 Å². The number of hydrogen-bond acceptors (Lipinski definition) is 8. The molecule has 0 bridgehead atoms. The second kappa shape index (κ2) is 11.9. The Morgan fingerprint density at radius 1 is 0.878 bits per heavy atom. The summed E-state index contributed by atoms with van der Waals surface area (Å²) >= 11 is 1.48.